The molecule has 0 saturated carbocycles. The number of hydrogen-bond donors (Lipinski definition) is 2. The van der Waals surface area contributed by atoms with E-state index in [1.165, 1.54) is 45.3 Å². The van der Waals surface area contributed by atoms with E-state index in [1.807, 2.05) is 6.20 Å². The van der Waals surface area contributed by atoms with Crippen molar-refractivity contribution in [3.8, 4) is 0 Å². The number of nitrogens with one attached hydrogen (secondary N) is 2. The van der Waals surface area contributed by atoms with E-state index in [2.05, 4.69) is 45.1 Å². The van der Waals surface area contributed by atoms with Gasteiger partial charge in [-0.25, -0.2) is 4.98 Å². The lowest BCUT2D eigenvalue weighted by atomic mass is 10.2. The van der Waals surface area contributed by atoms with Gasteiger partial charge in [0.05, 0.1) is 0 Å². The van der Waals surface area contributed by atoms with Crippen molar-refractivity contribution >= 4 is 5.96 Å². The van der Waals surface area contributed by atoms with Crippen LogP contribution in [0, 0.1) is 6.92 Å². The Kier molecular flexibility index (Phi) is 10.2. The Bertz CT molecular complexity index is 502. The van der Waals surface area contributed by atoms with Gasteiger partial charge in [0.15, 0.2) is 5.96 Å². The maximum Gasteiger partial charge on any atom is 0.191 e. The number of aliphatic imine (C=N–C) groups is 1. The van der Waals surface area contributed by atoms with Crippen molar-refractivity contribution in [1.82, 2.24) is 25.1 Å². The molecule has 0 radical (unpaired) electrons. The molecule has 0 atom stereocenters. The van der Waals surface area contributed by atoms with E-state index in [4.69, 9.17) is 4.99 Å². The van der Waals surface area contributed by atoms with Crippen LogP contribution in [-0.4, -0.2) is 59.7 Å². The Labute approximate surface area is 159 Å². The van der Waals surface area contributed by atoms with Crippen LogP contribution in [0.3, 0.4) is 0 Å². The number of rotatable bonds is 10. The summed E-state index contributed by atoms with van der Waals surface area (Å²) < 4.78 is 2.21. The highest BCUT2D eigenvalue weighted by Gasteiger charge is 2.07. The lowest BCUT2D eigenvalue weighted by Gasteiger charge is -2.19. The second-order valence-corrected chi connectivity index (χ2v) is 7.17. The predicted octanol–water partition coefficient (Wildman–Crippen LogP) is 2.79. The molecule has 1 fully saturated rings. The molecule has 1 aliphatic heterocycles. The largest absolute Gasteiger partial charge is 0.357 e. The molecule has 0 unspecified atom stereocenters. The second kappa shape index (κ2) is 12.7. The van der Waals surface area contributed by atoms with Gasteiger partial charge in [0.2, 0.25) is 0 Å². The minimum Gasteiger partial charge on any atom is -0.357 e. The lowest BCUT2D eigenvalue weighted by Crippen LogP contribution is -2.38. The smallest absolute Gasteiger partial charge is 0.191 e. The first-order valence-corrected chi connectivity index (χ1v) is 10.5. The van der Waals surface area contributed by atoms with Gasteiger partial charge in [-0.2, -0.15) is 0 Å². The molecule has 1 aliphatic rings. The summed E-state index contributed by atoms with van der Waals surface area (Å²) in [6.45, 7) is 11.7. The molecule has 0 bridgehead atoms. The molecule has 2 heterocycles. The first kappa shape index (κ1) is 20.7. The molecule has 1 saturated heterocycles. The summed E-state index contributed by atoms with van der Waals surface area (Å²) in [5, 5.41) is 6.82. The summed E-state index contributed by atoms with van der Waals surface area (Å²) in [5.74, 6) is 2.06. The minimum absolute atomic E-state index is 0.903. The van der Waals surface area contributed by atoms with Gasteiger partial charge in [0.25, 0.3) is 0 Å². The van der Waals surface area contributed by atoms with Crippen molar-refractivity contribution in [3.05, 3.63) is 18.2 Å². The molecule has 0 spiro atoms. The standard InChI is InChI=1S/C20H38N6/c1-3-21-20(23-11-6-9-17-26-18-13-22-19(26)2)24-12-10-16-25-14-7-4-5-8-15-25/h13,18H,3-12,14-17H2,1-2H3,(H2,21,23,24). The Hall–Kier alpha value is -1.56. The van der Waals surface area contributed by atoms with E-state index in [0.29, 0.717) is 0 Å². The number of unbranched alkanes of at least 4 members (excludes halogenated alkanes) is 1. The van der Waals surface area contributed by atoms with Crippen molar-refractivity contribution in [2.75, 3.05) is 39.3 Å². The molecule has 2 N–H and O–H groups in total. The van der Waals surface area contributed by atoms with Gasteiger partial charge in [-0.15, -0.1) is 0 Å². The van der Waals surface area contributed by atoms with E-state index >= 15 is 0 Å². The average Bonchev–Trinajstić information content (AvgIpc) is 2.89. The fraction of sp³-hybridized carbons (Fsp3) is 0.800. The Morgan fingerprint density at radius 1 is 1.08 bits per heavy atom. The average molecular weight is 363 g/mol. The summed E-state index contributed by atoms with van der Waals surface area (Å²) >= 11 is 0. The zero-order valence-electron chi connectivity index (χ0n) is 16.8. The number of nitrogens with zero attached hydrogens (tertiary/aromatic N) is 4. The van der Waals surface area contributed by atoms with Gasteiger partial charge >= 0.3 is 0 Å². The summed E-state index contributed by atoms with van der Waals surface area (Å²) in [7, 11) is 0. The molecule has 2 rings (SSSR count). The number of hydrogen-bond acceptors (Lipinski definition) is 3. The highest BCUT2D eigenvalue weighted by molar-refractivity contribution is 5.79. The maximum atomic E-state index is 4.74. The predicted molar refractivity (Wildman–Crippen MR) is 110 cm³/mol. The van der Waals surface area contributed by atoms with Gasteiger partial charge in [-0.1, -0.05) is 12.8 Å². The summed E-state index contributed by atoms with van der Waals surface area (Å²) in [6.07, 6.45) is 12.9. The van der Waals surface area contributed by atoms with Crippen LogP contribution >= 0.6 is 0 Å². The molecular formula is C20H38N6. The number of aryl methyl sites for hydroxylation is 2. The minimum atomic E-state index is 0.903. The quantitative estimate of drug-likeness (QED) is 0.382. The van der Waals surface area contributed by atoms with Gasteiger partial charge in [-0.05, 0) is 65.6 Å². The van der Waals surface area contributed by atoms with Crippen LogP contribution in [0.1, 0.15) is 57.7 Å². The van der Waals surface area contributed by atoms with Gasteiger partial charge in [-0.3, -0.25) is 4.99 Å². The molecule has 6 nitrogen and oxygen atoms in total. The molecule has 0 aromatic carbocycles. The fourth-order valence-corrected chi connectivity index (χ4v) is 3.44. The Morgan fingerprint density at radius 2 is 1.88 bits per heavy atom. The van der Waals surface area contributed by atoms with E-state index < -0.39 is 0 Å². The van der Waals surface area contributed by atoms with Gasteiger partial charge < -0.3 is 20.1 Å². The molecule has 6 heteroatoms. The van der Waals surface area contributed by atoms with Crippen molar-refractivity contribution in [3.63, 3.8) is 0 Å². The van der Waals surface area contributed by atoms with Crippen LogP contribution in [0.25, 0.3) is 0 Å². The van der Waals surface area contributed by atoms with E-state index in [-0.39, 0.29) is 0 Å². The normalized spacial score (nSPS) is 16.5. The van der Waals surface area contributed by atoms with E-state index in [1.54, 1.807) is 0 Å². The van der Waals surface area contributed by atoms with Crippen molar-refractivity contribution in [2.45, 2.75) is 65.3 Å². The van der Waals surface area contributed by atoms with Crippen LogP contribution in [0.5, 0.6) is 0 Å². The SMILES string of the molecule is CCNC(=NCCCN1CCCCCC1)NCCCCn1ccnc1C. The topological polar surface area (TPSA) is 57.5 Å². The summed E-state index contributed by atoms with van der Waals surface area (Å²) in [5.41, 5.74) is 0. The van der Waals surface area contributed by atoms with Crippen molar-refractivity contribution in [2.24, 2.45) is 4.99 Å². The lowest BCUT2D eigenvalue weighted by molar-refractivity contribution is 0.283. The molecule has 0 aliphatic carbocycles. The molecule has 0 amide bonds. The van der Waals surface area contributed by atoms with E-state index in [0.717, 1.165) is 57.2 Å². The van der Waals surface area contributed by atoms with Gasteiger partial charge in [0, 0.05) is 38.6 Å². The number of likely N-dealkylation sites (tertiary alicyclic amines) is 1. The Morgan fingerprint density at radius 3 is 2.58 bits per heavy atom. The van der Waals surface area contributed by atoms with Crippen LogP contribution in [-0.2, 0) is 6.54 Å². The monoisotopic (exact) mass is 362 g/mol. The second-order valence-electron chi connectivity index (χ2n) is 7.17. The zero-order chi connectivity index (χ0) is 18.5. The number of guanidine groups is 1. The van der Waals surface area contributed by atoms with Gasteiger partial charge in [0.1, 0.15) is 5.82 Å². The molecular weight excluding hydrogens is 324 g/mol. The summed E-state index contributed by atoms with van der Waals surface area (Å²) in [6, 6.07) is 0. The van der Waals surface area contributed by atoms with Crippen LogP contribution in [0.4, 0.5) is 0 Å². The Balaban J connectivity index is 1.58. The van der Waals surface area contributed by atoms with E-state index in [9.17, 15) is 0 Å². The first-order valence-electron chi connectivity index (χ1n) is 10.5. The fourth-order valence-electron chi connectivity index (χ4n) is 3.44. The molecule has 26 heavy (non-hydrogen) atoms. The maximum absolute atomic E-state index is 4.74. The molecule has 1 aromatic rings. The van der Waals surface area contributed by atoms with Crippen molar-refractivity contribution in [1.29, 1.82) is 0 Å². The molecule has 1 aromatic heterocycles. The highest BCUT2D eigenvalue weighted by atomic mass is 15.2. The highest BCUT2D eigenvalue weighted by Crippen LogP contribution is 2.09. The third-order valence-corrected chi connectivity index (χ3v) is 4.99. The van der Waals surface area contributed by atoms with Crippen LogP contribution in [0.15, 0.2) is 17.4 Å². The third kappa shape index (κ3) is 8.21. The number of aromatic nitrogens is 2. The number of imidazole rings is 1. The van der Waals surface area contributed by atoms with Crippen LogP contribution in [0.2, 0.25) is 0 Å². The van der Waals surface area contributed by atoms with Crippen LogP contribution < -0.4 is 10.6 Å². The zero-order valence-corrected chi connectivity index (χ0v) is 16.8. The first-order chi connectivity index (χ1) is 12.8. The molecule has 148 valence electrons. The summed E-state index contributed by atoms with van der Waals surface area (Å²) in [4.78, 5) is 11.6. The van der Waals surface area contributed by atoms with Crippen molar-refractivity contribution < 1.29 is 0 Å². The third-order valence-electron chi connectivity index (χ3n) is 4.99.